The van der Waals surface area contributed by atoms with Crippen molar-refractivity contribution in [3.63, 3.8) is 0 Å². The highest BCUT2D eigenvalue weighted by atomic mass is 16.3. The third kappa shape index (κ3) is 2.67. The van der Waals surface area contributed by atoms with Crippen molar-refractivity contribution in [1.29, 1.82) is 0 Å². The van der Waals surface area contributed by atoms with Gasteiger partial charge < -0.3 is 9.32 Å². The number of furan rings is 1. The molecule has 118 valence electrons. The number of hydrogen-bond donors (Lipinski definition) is 0. The minimum Gasteiger partial charge on any atom is -0.467 e. The predicted octanol–water partition coefficient (Wildman–Crippen LogP) is 3.41. The molecule has 2 aromatic heterocycles. The summed E-state index contributed by atoms with van der Waals surface area (Å²) in [6.45, 7) is 7.89. The Bertz CT molecular complexity index is 656. The number of nitrogens with zero attached hydrogens (tertiary/aromatic N) is 3. The van der Waals surface area contributed by atoms with Gasteiger partial charge in [-0.05, 0) is 58.7 Å². The topological polar surface area (TPSA) is 51.3 Å². The molecule has 1 amide bonds. The molecule has 0 spiro atoms. The van der Waals surface area contributed by atoms with Crippen molar-refractivity contribution in [2.75, 3.05) is 0 Å². The maximum atomic E-state index is 13.0. The molecule has 0 radical (unpaired) electrons. The zero-order chi connectivity index (χ0) is 15.9. The summed E-state index contributed by atoms with van der Waals surface area (Å²) in [4.78, 5) is 15.0. The standard InChI is InChI=1S/C17H23N3O2/c1-11-10-12(2)20(18-11)14(4)17(21)19(15-7-8-15)13(3)16-6-5-9-22-16/h5-6,9-10,13-15H,7-8H2,1-4H3/t13-,14+/m0/s1. The summed E-state index contributed by atoms with van der Waals surface area (Å²) in [6, 6.07) is 5.78. The van der Waals surface area contributed by atoms with Gasteiger partial charge in [0.15, 0.2) is 0 Å². The molecule has 5 heteroatoms. The maximum Gasteiger partial charge on any atom is 0.248 e. The van der Waals surface area contributed by atoms with Gasteiger partial charge in [-0.3, -0.25) is 9.48 Å². The van der Waals surface area contributed by atoms with E-state index in [4.69, 9.17) is 4.42 Å². The largest absolute Gasteiger partial charge is 0.467 e. The highest BCUT2D eigenvalue weighted by molar-refractivity contribution is 5.81. The average molecular weight is 301 g/mol. The van der Waals surface area contributed by atoms with Crippen LogP contribution >= 0.6 is 0 Å². The minimum atomic E-state index is -0.299. The molecule has 0 N–H and O–H groups in total. The van der Waals surface area contributed by atoms with E-state index in [0.29, 0.717) is 6.04 Å². The van der Waals surface area contributed by atoms with Gasteiger partial charge >= 0.3 is 0 Å². The molecule has 0 saturated heterocycles. The fourth-order valence-corrected chi connectivity index (χ4v) is 3.06. The van der Waals surface area contributed by atoms with Crippen LogP contribution < -0.4 is 0 Å². The second-order valence-electron chi connectivity index (χ2n) is 6.22. The molecule has 22 heavy (non-hydrogen) atoms. The van der Waals surface area contributed by atoms with E-state index in [9.17, 15) is 4.79 Å². The van der Waals surface area contributed by atoms with Crippen LogP contribution in [0.1, 0.15) is 55.9 Å². The van der Waals surface area contributed by atoms with Crippen LogP contribution in [0, 0.1) is 13.8 Å². The van der Waals surface area contributed by atoms with Crippen molar-refractivity contribution in [2.45, 2.75) is 58.7 Å². The zero-order valence-corrected chi connectivity index (χ0v) is 13.6. The molecule has 0 unspecified atom stereocenters. The summed E-state index contributed by atoms with van der Waals surface area (Å²) in [6.07, 6.45) is 3.80. The molecule has 2 atom stereocenters. The normalized spacial score (nSPS) is 17.3. The lowest BCUT2D eigenvalue weighted by atomic mass is 10.1. The van der Waals surface area contributed by atoms with Crippen LogP contribution in [0.25, 0.3) is 0 Å². The van der Waals surface area contributed by atoms with Crippen LogP contribution in [0.2, 0.25) is 0 Å². The molecule has 2 aromatic rings. The molecular weight excluding hydrogens is 278 g/mol. The lowest BCUT2D eigenvalue weighted by Gasteiger charge is -2.31. The second kappa shape index (κ2) is 5.63. The Hall–Kier alpha value is -2.04. The van der Waals surface area contributed by atoms with Crippen molar-refractivity contribution in [2.24, 2.45) is 0 Å². The van der Waals surface area contributed by atoms with Gasteiger partial charge in [-0.1, -0.05) is 0 Å². The summed E-state index contributed by atoms with van der Waals surface area (Å²) >= 11 is 0. The summed E-state index contributed by atoms with van der Waals surface area (Å²) in [5, 5.41) is 4.46. The van der Waals surface area contributed by atoms with E-state index >= 15 is 0 Å². The average Bonchev–Trinajstić information content (AvgIpc) is 3.03. The first-order chi connectivity index (χ1) is 10.5. The molecule has 2 heterocycles. The van der Waals surface area contributed by atoms with E-state index in [2.05, 4.69) is 5.10 Å². The van der Waals surface area contributed by atoms with Crippen LogP contribution in [-0.4, -0.2) is 26.6 Å². The quantitative estimate of drug-likeness (QED) is 0.850. The lowest BCUT2D eigenvalue weighted by Crippen LogP contribution is -2.40. The molecule has 3 rings (SSSR count). The van der Waals surface area contributed by atoms with Gasteiger partial charge in [-0.2, -0.15) is 5.10 Å². The van der Waals surface area contributed by atoms with Gasteiger partial charge in [-0.15, -0.1) is 0 Å². The van der Waals surface area contributed by atoms with Crippen molar-refractivity contribution in [3.05, 3.63) is 41.6 Å². The van der Waals surface area contributed by atoms with E-state index in [1.807, 2.05) is 55.5 Å². The zero-order valence-electron chi connectivity index (χ0n) is 13.6. The van der Waals surface area contributed by atoms with Crippen molar-refractivity contribution < 1.29 is 9.21 Å². The number of carbonyl (C=O) groups is 1. The number of carbonyl (C=O) groups excluding carboxylic acids is 1. The Morgan fingerprint density at radius 2 is 2.14 bits per heavy atom. The highest BCUT2D eigenvalue weighted by Gasteiger charge is 2.39. The summed E-state index contributed by atoms with van der Waals surface area (Å²) in [5.74, 6) is 0.943. The molecule has 1 saturated carbocycles. The van der Waals surface area contributed by atoms with Crippen LogP contribution in [-0.2, 0) is 4.79 Å². The number of hydrogen-bond acceptors (Lipinski definition) is 3. The van der Waals surface area contributed by atoms with Crippen molar-refractivity contribution >= 4 is 5.91 Å². The SMILES string of the molecule is Cc1cc(C)n([C@H](C)C(=O)N(C2CC2)[C@@H](C)c2ccco2)n1. The lowest BCUT2D eigenvalue weighted by molar-refractivity contribution is -0.138. The first-order valence-electron chi connectivity index (χ1n) is 7.87. The fraction of sp³-hybridized carbons (Fsp3) is 0.529. The minimum absolute atomic E-state index is 0.0468. The summed E-state index contributed by atoms with van der Waals surface area (Å²) < 4.78 is 7.32. The van der Waals surface area contributed by atoms with E-state index in [1.54, 1.807) is 6.26 Å². The number of aryl methyl sites for hydroxylation is 2. The molecule has 5 nitrogen and oxygen atoms in total. The van der Waals surface area contributed by atoms with E-state index in [1.165, 1.54) is 0 Å². The van der Waals surface area contributed by atoms with Crippen LogP contribution in [0.3, 0.4) is 0 Å². The van der Waals surface area contributed by atoms with Gasteiger partial charge in [0.1, 0.15) is 11.8 Å². The van der Waals surface area contributed by atoms with E-state index in [0.717, 1.165) is 30.0 Å². The Balaban J connectivity index is 1.85. The van der Waals surface area contributed by atoms with Gasteiger partial charge in [0.05, 0.1) is 18.0 Å². The monoisotopic (exact) mass is 301 g/mol. The summed E-state index contributed by atoms with van der Waals surface area (Å²) in [5.41, 5.74) is 1.95. The number of rotatable bonds is 5. The van der Waals surface area contributed by atoms with Crippen LogP contribution in [0.15, 0.2) is 28.9 Å². The van der Waals surface area contributed by atoms with Crippen molar-refractivity contribution in [1.82, 2.24) is 14.7 Å². The van der Waals surface area contributed by atoms with Gasteiger partial charge in [0.25, 0.3) is 0 Å². The highest BCUT2D eigenvalue weighted by Crippen LogP contribution is 2.36. The second-order valence-corrected chi connectivity index (χ2v) is 6.22. The maximum absolute atomic E-state index is 13.0. The first-order valence-corrected chi connectivity index (χ1v) is 7.87. The van der Waals surface area contributed by atoms with Gasteiger partial charge in [-0.25, -0.2) is 0 Å². The van der Waals surface area contributed by atoms with E-state index in [-0.39, 0.29) is 18.0 Å². The van der Waals surface area contributed by atoms with Crippen LogP contribution in [0.4, 0.5) is 0 Å². The summed E-state index contributed by atoms with van der Waals surface area (Å²) in [7, 11) is 0. The van der Waals surface area contributed by atoms with Gasteiger partial charge in [0.2, 0.25) is 5.91 Å². The predicted molar refractivity (Wildman–Crippen MR) is 83.4 cm³/mol. The molecule has 1 aliphatic rings. The molecule has 0 aliphatic heterocycles. The Kier molecular flexibility index (Phi) is 3.81. The molecule has 1 aliphatic carbocycles. The Morgan fingerprint density at radius 3 is 2.64 bits per heavy atom. The number of amides is 1. The third-order valence-electron chi connectivity index (χ3n) is 4.34. The van der Waals surface area contributed by atoms with Gasteiger partial charge in [0, 0.05) is 11.7 Å². The first kappa shape index (κ1) is 14.9. The smallest absolute Gasteiger partial charge is 0.248 e. The Labute approximate surface area is 130 Å². The molecule has 0 bridgehead atoms. The molecule has 0 aromatic carbocycles. The number of aromatic nitrogens is 2. The van der Waals surface area contributed by atoms with E-state index < -0.39 is 0 Å². The molecular formula is C17H23N3O2. The fourth-order valence-electron chi connectivity index (χ4n) is 3.06. The Morgan fingerprint density at radius 1 is 1.41 bits per heavy atom. The van der Waals surface area contributed by atoms with Crippen molar-refractivity contribution in [3.8, 4) is 0 Å². The van der Waals surface area contributed by atoms with Crippen LogP contribution in [0.5, 0.6) is 0 Å². The molecule has 1 fully saturated rings. The third-order valence-corrected chi connectivity index (χ3v) is 4.34.